The van der Waals surface area contributed by atoms with E-state index in [4.69, 9.17) is 5.11 Å². The average Bonchev–Trinajstić information content (AvgIpc) is 2.96. The third kappa shape index (κ3) is 4.72. The lowest BCUT2D eigenvalue weighted by Gasteiger charge is -2.23. The van der Waals surface area contributed by atoms with Gasteiger partial charge in [0.25, 0.3) is 0 Å². The van der Waals surface area contributed by atoms with Crippen molar-refractivity contribution in [2.75, 3.05) is 6.54 Å². The van der Waals surface area contributed by atoms with Crippen LogP contribution in [0.5, 0.6) is 0 Å². The maximum absolute atomic E-state index is 11.9. The van der Waals surface area contributed by atoms with Crippen LogP contribution in [-0.2, 0) is 14.4 Å². The van der Waals surface area contributed by atoms with E-state index >= 15 is 0 Å². The normalized spacial score (nSPS) is 26.3. The maximum atomic E-state index is 11.9. The molecule has 0 spiro atoms. The first-order valence-corrected chi connectivity index (χ1v) is 7.86. The Hall–Kier alpha value is -1.59. The molecule has 0 saturated heterocycles. The quantitative estimate of drug-likeness (QED) is 0.706. The van der Waals surface area contributed by atoms with Crippen LogP contribution >= 0.6 is 0 Å². The fraction of sp³-hybridized carbons (Fsp3) is 0.800. The molecule has 2 aliphatic rings. The van der Waals surface area contributed by atoms with Crippen molar-refractivity contribution in [3.8, 4) is 0 Å². The lowest BCUT2D eigenvalue weighted by Crippen LogP contribution is -2.43. The Kier molecular flexibility index (Phi) is 5.59. The molecule has 0 aliphatic heterocycles. The van der Waals surface area contributed by atoms with Crippen molar-refractivity contribution in [2.45, 2.75) is 57.4 Å². The van der Waals surface area contributed by atoms with Gasteiger partial charge in [-0.3, -0.25) is 14.4 Å². The summed E-state index contributed by atoms with van der Waals surface area (Å²) in [5.41, 5.74) is 0. The second-order valence-electron chi connectivity index (χ2n) is 6.17. The third-order valence-corrected chi connectivity index (χ3v) is 4.55. The first-order valence-electron chi connectivity index (χ1n) is 7.86. The Bertz CT molecular complexity index is 404. The summed E-state index contributed by atoms with van der Waals surface area (Å²) in [5.74, 6) is -1.87. The molecule has 0 heterocycles. The van der Waals surface area contributed by atoms with Crippen LogP contribution in [0.1, 0.15) is 51.4 Å². The highest BCUT2D eigenvalue weighted by Gasteiger charge is 2.33. The Morgan fingerprint density at radius 2 is 1.62 bits per heavy atom. The largest absolute Gasteiger partial charge is 0.481 e. The van der Waals surface area contributed by atoms with Crippen LogP contribution in [-0.4, -0.2) is 35.5 Å². The molecule has 2 amide bonds. The van der Waals surface area contributed by atoms with Gasteiger partial charge in [0.05, 0.1) is 12.5 Å². The van der Waals surface area contributed by atoms with Gasteiger partial charge in [-0.05, 0) is 32.1 Å². The van der Waals surface area contributed by atoms with Crippen LogP contribution in [0.2, 0.25) is 0 Å². The lowest BCUT2D eigenvalue weighted by molar-refractivity contribution is -0.141. The van der Waals surface area contributed by atoms with Gasteiger partial charge in [-0.25, -0.2) is 0 Å². The summed E-state index contributed by atoms with van der Waals surface area (Å²) >= 11 is 0. The molecule has 2 rings (SSSR count). The van der Waals surface area contributed by atoms with Crippen molar-refractivity contribution in [1.29, 1.82) is 0 Å². The fourth-order valence-corrected chi connectivity index (χ4v) is 3.28. The van der Waals surface area contributed by atoms with E-state index in [-0.39, 0.29) is 30.3 Å². The molecule has 2 aliphatic carbocycles. The molecule has 2 atom stereocenters. The van der Waals surface area contributed by atoms with E-state index < -0.39 is 11.9 Å². The summed E-state index contributed by atoms with van der Waals surface area (Å²) < 4.78 is 0. The van der Waals surface area contributed by atoms with E-state index in [9.17, 15) is 14.4 Å². The third-order valence-electron chi connectivity index (χ3n) is 4.55. The van der Waals surface area contributed by atoms with Crippen LogP contribution in [0.4, 0.5) is 0 Å². The average molecular weight is 296 g/mol. The van der Waals surface area contributed by atoms with Gasteiger partial charge in [0.1, 0.15) is 0 Å². The lowest BCUT2D eigenvalue weighted by atomic mass is 9.95. The molecule has 118 valence electrons. The molecule has 0 bridgehead atoms. The zero-order valence-corrected chi connectivity index (χ0v) is 12.3. The summed E-state index contributed by atoms with van der Waals surface area (Å²) in [6.07, 6.45) is 7.08. The molecule has 0 aromatic rings. The van der Waals surface area contributed by atoms with E-state index in [0.29, 0.717) is 19.3 Å². The van der Waals surface area contributed by atoms with Gasteiger partial charge in [-0.15, -0.1) is 0 Å². The molecular formula is C15H24N2O4. The summed E-state index contributed by atoms with van der Waals surface area (Å²) in [7, 11) is 0. The smallest absolute Gasteiger partial charge is 0.306 e. The van der Waals surface area contributed by atoms with Crippen molar-refractivity contribution >= 4 is 17.8 Å². The van der Waals surface area contributed by atoms with E-state index in [0.717, 1.165) is 25.7 Å². The van der Waals surface area contributed by atoms with E-state index in [2.05, 4.69) is 10.6 Å². The fourth-order valence-electron chi connectivity index (χ4n) is 3.28. The van der Waals surface area contributed by atoms with E-state index in [1.165, 1.54) is 6.42 Å². The summed E-state index contributed by atoms with van der Waals surface area (Å²) in [6.45, 7) is -0.0103. The van der Waals surface area contributed by atoms with Gasteiger partial charge in [0.2, 0.25) is 11.8 Å². The number of hydrogen-bond acceptors (Lipinski definition) is 3. The molecule has 0 aromatic carbocycles. The second kappa shape index (κ2) is 7.43. The molecule has 6 heteroatoms. The van der Waals surface area contributed by atoms with Crippen LogP contribution in [0, 0.1) is 11.8 Å². The molecule has 21 heavy (non-hydrogen) atoms. The second-order valence-corrected chi connectivity index (χ2v) is 6.17. The van der Waals surface area contributed by atoms with Crippen molar-refractivity contribution < 1.29 is 19.5 Å². The van der Waals surface area contributed by atoms with Crippen molar-refractivity contribution in [1.82, 2.24) is 10.6 Å². The highest BCUT2D eigenvalue weighted by atomic mass is 16.4. The number of nitrogens with one attached hydrogen (secondary N) is 2. The predicted octanol–water partition coefficient (Wildman–Crippen LogP) is 1.05. The predicted molar refractivity (Wildman–Crippen MR) is 76.5 cm³/mol. The minimum Gasteiger partial charge on any atom is -0.481 e. The van der Waals surface area contributed by atoms with Gasteiger partial charge < -0.3 is 15.7 Å². The van der Waals surface area contributed by atoms with Crippen molar-refractivity contribution in [3.05, 3.63) is 0 Å². The van der Waals surface area contributed by atoms with Crippen LogP contribution < -0.4 is 10.6 Å². The number of amides is 2. The van der Waals surface area contributed by atoms with E-state index in [1.807, 2.05) is 0 Å². The number of aliphatic carboxylic acids is 1. The highest BCUT2D eigenvalue weighted by Crippen LogP contribution is 2.31. The number of hydrogen-bond donors (Lipinski definition) is 3. The van der Waals surface area contributed by atoms with Crippen molar-refractivity contribution in [3.63, 3.8) is 0 Å². The monoisotopic (exact) mass is 296 g/mol. The number of carbonyl (C=O) groups excluding carboxylic acids is 2. The minimum absolute atomic E-state index is 0.0103. The van der Waals surface area contributed by atoms with Crippen LogP contribution in [0.15, 0.2) is 0 Å². The highest BCUT2D eigenvalue weighted by molar-refractivity contribution is 5.86. The first kappa shape index (κ1) is 15.8. The molecule has 2 saturated carbocycles. The van der Waals surface area contributed by atoms with Gasteiger partial charge in [-0.1, -0.05) is 19.3 Å². The first-order chi connectivity index (χ1) is 10.1. The Morgan fingerprint density at radius 1 is 0.952 bits per heavy atom. The number of carbonyl (C=O) groups is 3. The molecule has 0 radical (unpaired) electrons. The summed E-state index contributed by atoms with van der Waals surface area (Å²) in [4.78, 5) is 34.6. The molecule has 6 nitrogen and oxygen atoms in total. The molecular weight excluding hydrogens is 272 g/mol. The minimum atomic E-state index is -0.833. The Labute approximate surface area is 124 Å². The van der Waals surface area contributed by atoms with Gasteiger partial charge in [-0.2, -0.15) is 0 Å². The molecule has 2 fully saturated rings. The maximum Gasteiger partial charge on any atom is 0.306 e. The van der Waals surface area contributed by atoms with Crippen LogP contribution in [0.25, 0.3) is 0 Å². The number of rotatable bonds is 5. The topological polar surface area (TPSA) is 95.5 Å². The zero-order valence-electron chi connectivity index (χ0n) is 12.3. The Morgan fingerprint density at radius 3 is 2.24 bits per heavy atom. The summed E-state index contributed by atoms with van der Waals surface area (Å²) in [6, 6.07) is 0.242. The number of carboxylic acid groups (broad SMARTS) is 1. The van der Waals surface area contributed by atoms with Crippen molar-refractivity contribution in [2.24, 2.45) is 11.8 Å². The zero-order chi connectivity index (χ0) is 15.2. The molecule has 3 N–H and O–H groups in total. The van der Waals surface area contributed by atoms with Gasteiger partial charge >= 0.3 is 5.97 Å². The SMILES string of the molecule is O=C(CNC(=O)[C@H]1CC[C@@H](C(=O)O)C1)NC1CCCCC1. The Balaban J connectivity index is 1.66. The number of carboxylic acids is 1. The van der Waals surface area contributed by atoms with Crippen LogP contribution in [0.3, 0.4) is 0 Å². The molecule has 0 unspecified atom stereocenters. The van der Waals surface area contributed by atoms with E-state index in [1.54, 1.807) is 0 Å². The standard InChI is InChI=1S/C15H24N2O4/c18-13(17-12-4-2-1-3-5-12)9-16-14(19)10-6-7-11(8-10)15(20)21/h10-12H,1-9H2,(H,16,19)(H,17,18)(H,20,21)/t10-,11+/m0/s1. The summed E-state index contributed by atoms with van der Waals surface area (Å²) in [5, 5.41) is 14.5. The van der Waals surface area contributed by atoms with Gasteiger partial charge in [0, 0.05) is 12.0 Å². The molecule has 0 aromatic heterocycles. The van der Waals surface area contributed by atoms with Gasteiger partial charge in [0.15, 0.2) is 0 Å².